The molecular formula is C16H21ClFNO3. The van der Waals surface area contributed by atoms with E-state index in [4.69, 9.17) is 16.3 Å². The Kier molecular flexibility index (Phi) is 4.97. The zero-order chi connectivity index (χ0) is 16.5. The van der Waals surface area contributed by atoms with E-state index >= 15 is 0 Å². The fourth-order valence-corrected chi connectivity index (χ4v) is 2.69. The smallest absolute Gasteiger partial charge is 0.410 e. The third kappa shape index (κ3) is 4.11. The second-order valence-electron chi connectivity index (χ2n) is 6.59. The molecule has 22 heavy (non-hydrogen) atoms. The zero-order valence-corrected chi connectivity index (χ0v) is 13.7. The molecule has 2 rings (SSSR count). The Balaban J connectivity index is 2.02. The second kappa shape index (κ2) is 6.42. The summed E-state index contributed by atoms with van der Waals surface area (Å²) < 4.78 is 19.2. The van der Waals surface area contributed by atoms with E-state index < -0.39 is 23.6 Å². The van der Waals surface area contributed by atoms with Gasteiger partial charge in [-0.15, -0.1) is 0 Å². The van der Waals surface area contributed by atoms with E-state index in [2.05, 4.69) is 0 Å². The fraction of sp³-hybridized carbons (Fsp3) is 0.562. The van der Waals surface area contributed by atoms with E-state index in [9.17, 15) is 14.3 Å². The van der Waals surface area contributed by atoms with Gasteiger partial charge in [0.05, 0.1) is 6.10 Å². The molecule has 1 amide bonds. The first kappa shape index (κ1) is 17.0. The van der Waals surface area contributed by atoms with Crippen LogP contribution in [0.15, 0.2) is 18.2 Å². The minimum absolute atomic E-state index is 0.209. The molecule has 2 atom stereocenters. The SMILES string of the molecule is CC(C)(C)OC(=O)N1CCC(C(O)c2ccc(Cl)cc2F)C1. The van der Waals surface area contributed by atoms with Crippen molar-refractivity contribution in [1.29, 1.82) is 0 Å². The van der Waals surface area contributed by atoms with Gasteiger partial charge in [0.1, 0.15) is 11.4 Å². The lowest BCUT2D eigenvalue weighted by molar-refractivity contribution is 0.0267. The van der Waals surface area contributed by atoms with Crippen LogP contribution in [0.25, 0.3) is 0 Å². The van der Waals surface area contributed by atoms with Gasteiger partial charge in [0.2, 0.25) is 0 Å². The molecule has 1 aliphatic rings. The molecule has 122 valence electrons. The number of hydrogen-bond donors (Lipinski definition) is 1. The van der Waals surface area contributed by atoms with Crippen LogP contribution in [0, 0.1) is 11.7 Å². The number of amides is 1. The van der Waals surface area contributed by atoms with Crippen LogP contribution in [0.5, 0.6) is 0 Å². The van der Waals surface area contributed by atoms with Gasteiger partial charge in [0.15, 0.2) is 0 Å². The molecule has 2 unspecified atom stereocenters. The van der Waals surface area contributed by atoms with Gasteiger partial charge in [-0.25, -0.2) is 9.18 Å². The summed E-state index contributed by atoms with van der Waals surface area (Å²) in [6, 6.07) is 4.21. The van der Waals surface area contributed by atoms with Crippen LogP contribution in [0.3, 0.4) is 0 Å². The molecule has 1 N–H and O–H groups in total. The minimum Gasteiger partial charge on any atom is -0.444 e. The molecule has 1 fully saturated rings. The number of carbonyl (C=O) groups excluding carboxylic acids is 1. The maximum atomic E-state index is 13.9. The Hall–Kier alpha value is -1.33. The summed E-state index contributed by atoms with van der Waals surface area (Å²) in [5.41, 5.74) is -0.351. The lowest BCUT2D eigenvalue weighted by Crippen LogP contribution is -2.35. The van der Waals surface area contributed by atoms with Gasteiger partial charge in [0, 0.05) is 29.6 Å². The van der Waals surface area contributed by atoms with E-state index in [0.29, 0.717) is 19.5 Å². The average molecular weight is 330 g/mol. The number of likely N-dealkylation sites (tertiary alicyclic amines) is 1. The Morgan fingerprint density at radius 3 is 2.77 bits per heavy atom. The first-order chi connectivity index (χ1) is 10.2. The van der Waals surface area contributed by atoms with E-state index in [0.717, 1.165) is 0 Å². The largest absolute Gasteiger partial charge is 0.444 e. The Morgan fingerprint density at radius 2 is 2.18 bits per heavy atom. The average Bonchev–Trinajstić information content (AvgIpc) is 2.85. The van der Waals surface area contributed by atoms with Gasteiger partial charge in [0.25, 0.3) is 0 Å². The Morgan fingerprint density at radius 1 is 1.50 bits per heavy atom. The summed E-state index contributed by atoms with van der Waals surface area (Å²) in [7, 11) is 0. The maximum Gasteiger partial charge on any atom is 0.410 e. The van der Waals surface area contributed by atoms with Crippen molar-refractivity contribution in [1.82, 2.24) is 4.90 Å². The fourth-order valence-electron chi connectivity index (χ4n) is 2.53. The van der Waals surface area contributed by atoms with Crippen LogP contribution in [0.2, 0.25) is 5.02 Å². The normalized spacial score (nSPS) is 20.1. The monoisotopic (exact) mass is 329 g/mol. The predicted molar refractivity (Wildman–Crippen MR) is 82.3 cm³/mol. The highest BCUT2D eigenvalue weighted by Crippen LogP contribution is 2.32. The van der Waals surface area contributed by atoms with Crippen molar-refractivity contribution in [3.05, 3.63) is 34.6 Å². The first-order valence-electron chi connectivity index (χ1n) is 7.28. The number of hydrogen-bond acceptors (Lipinski definition) is 3. The van der Waals surface area contributed by atoms with Crippen LogP contribution >= 0.6 is 11.6 Å². The van der Waals surface area contributed by atoms with Crippen molar-refractivity contribution in [3.8, 4) is 0 Å². The molecule has 6 heteroatoms. The molecule has 0 radical (unpaired) electrons. The molecule has 1 saturated heterocycles. The summed E-state index contributed by atoms with van der Waals surface area (Å²) in [5.74, 6) is -0.751. The highest BCUT2D eigenvalue weighted by Gasteiger charge is 2.34. The third-order valence-corrected chi connectivity index (χ3v) is 3.84. The summed E-state index contributed by atoms with van der Waals surface area (Å²) in [4.78, 5) is 13.6. The molecule has 1 aromatic carbocycles. The van der Waals surface area contributed by atoms with E-state index in [1.807, 2.05) is 0 Å². The Labute approximate surface area is 134 Å². The number of rotatable bonds is 2. The highest BCUT2D eigenvalue weighted by molar-refractivity contribution is 6.30. The van der Waals surface area contributed by atoms with E-state index in [1.54, 1.807) is 31.7 Å². The van der Waals surface area contributed by atoms with Gasteiger partial charge in [-0.3, -0.25) is 0 Å². The number of halogens is 2. The number of carbonyl (C=O) groups is 1. The quantitative estimate of drug-likeness (QED) is 0.898. The van der Waals surface area contributed by atoms with E-state index in [1.165, 1.54) is 12.1 Å². The molecular weight excluding hydrogens is 309 g/mol. The van der Waals surface area contributed by atoms with E-state index in [-0.39, 0.29) is 16.5 Å². The van der Waals surface area contributed by atoms with Crippen LogP contribution in [-0.2, 0) is 4.74 Å². The first-order valence-corrected chi connectivity index (χ1v) is 7.66. The molecule has 0 bridgehead atoms. The molecule has 0 spiro atoms. The van der Waals surface area contributed by atoms with Crippen molar-refractivity contribution in [3.63, 3.8) is 0 Å². The van der Waals surface area contributed by atoms with Gasteiger partial charge >= 0.3 is 6.09 Å². The molecule has 1 heterocycles. The topological polar surface area (TPSA) is 49.8 Å². The van der Waals surface area contributed by atoms with Crippen LogP contribution < -0.4 is 0 Å². The molecule has 1 aliphatic heterocycles. The minimum atomic E-state index is -0.968. The summed E-state index contributed by atoms with van der Waals surface area (Å²) >= 11 is 5.72. The number of benzene rings is 1. The van der Waals surface area contributed by atoms with Crippen LogP contribution in [-0.4, -0.2) is 34.8 Å². The number of aliphatic hydroxyl groups is 1. The molecule has 4 nitrogen and oxygen atoms in total. The van der Waals surface area contributed by atoms with Gasteiger partial charge in [-0.2, -0.15) is 0 Å². The maximum absolute atomic E-state index is 13.9. The van der Waals surface area contributed by atoms with Crippen molar-refractivity contribution in [2.24, 2.45) is 5.92 Å². The van der Waals surface area contributed by atoms with Crippen molar-refractivity contribution >= 4 is 17.7 Å². The Bertz CT molecular complexity index is 559. The van der Waals surface area contributed by atoms with Crippen molar-refractivity contribution in [2.45, 2.75) is 38.9 Å². The molecule has 1 aromatic rings. The number of ether oxygens (including phenoxy) is 1. The molecule has 0 aliphatic carbocycles. The van der Waals surface area contributed by atoms with Crippen molar-refractivity contribution in [2.75, 3.05) is 13.1 Å². The van der Waals surface area contributed by atoms with Gasteiger partial charge in [-0.1, -0.05) is 17.7 Å². The van der Waals surface area contributed by atoms with Gasteiger partial charge in [-0.05, 0) is 39.3 Å². The summed E-state index contributed by atoms with van der Waals surface area (Å²) in [6.07, 6.45) is -0.772. The summed E-state index contributed by atoms with van der Waals surface area (Å²) in [6.45, 7) is 6.24. The molecule has 0 saturated carbocycles. The van der Waals surface area contributed by atoms with Crippen LogP contribution in [0.1, 0.15) is 38.9 Å². The van der Waals surface area contributed by atoms with Crippen molar-refractivity contribution < 1.29 is 19.0 Å². The van der Waals surface area contributed by atoms with Crippen LogP contribution in [0.4, 0.5) is 9.18 Å². The lowest BCUT2D eigenvalue weighted by Gasteiger charge is -2.25. The summed E-state index contributed by atoms with van der Waals surface area (Å²) in [5, 5.41) is 10.6. The third-order valence-electron chi connectivity index (χ3n) is 3.60. The second-order valence-corrected chi connectivity index (χ2v) is 7.02. The highest BCUT2D eigenvalue weighted by atomic mass is 35.5. The predicted octanol–water partition coefficient (Wildman–Crippen LogP) is 3.77. The number of aliphatic hydroxyl groups excluding tert-OH is 1. The van der Waals surface area contributed by atoms with Gasteiger partial charge < -0.3 is 14.7 Å². The lowest BCUT2D eigenvalue weighted by atomic mass is 9.95. The number of nitrogens with zero attached hydrogens (tertiary/aromatic N) is 1. The standard InChI is InChI=1S/C16H21ClFNO3/c1-16(2,3)22-15(21)19-7-6-10(9-19)14(20)12-5-4-11(17)8-13(12)18/h4-5,8,10,14,20H,6-7,9H2,1-3H3. The zero-order valence-electron chi connectivity index (χ0n) is 13.0. The molecule has 0 aromatic heterocycles.